The Bertz CT molecular complexity index is 1080. The first kappa shape index (κ1) is 29.2. The van der Waals surface area contributed by atoms with E-state index in [1.54, 1.807) is 0 Å². The van der Waals surface area contributed by atoms with E-state index in [1.807, 2.05) is 0 Å². The number of ether oxygens (including phenoxy) is 4. The fourth-order valence-corrected chi connectivity index (χ4v) is 6.39. The summed E-state index contributed by atoms with van der Waals surface area (Å²) in [6, 6.07) is 5.44. The highest BCUT2D eigenvalue weighted by Gasteiger charge is 2.85. The van der Waals surface area contributed by atoms with Crippen molar-refractivity contribution in [2.45, 2.75) is 89.7 Å². The zero-order valence-corrected chi connectivity index (χ0v) is 22.6. The SMILES string of the molecule is CC(C)[C@@H]1CC[C@@H](C)C[C@H]1OC(=O)O[C@H](C)OC(=O)[C@@]1(N)[C@H]2[C@@H](C[C@H]1OCc1ccc(F)cc1)[C@]2(F)C(=O)O. The zero-order valence-electron chi connectivity index (χ0n) is 22.6. The van der Waals surface area contributed by atoms with Gasteiger partial charge in [-0.1, -0.05) is 39.3 Å². The van der Waals surface area contributed by atoms with Crippen molar-refractivity contribution in [2.75, 3.05) is 0 Å². The number of carbonyl (C=O) groups is 3. The number of carbonyl (C=O) groups excluding carboxylic acids is 2. The summed E-state index contributed by atoms with van der Waals surface area (Å²) in [7, 11) is 0. The summed E-state index contributed by atoms with van der Waals surface area (Å²) in [5, 5.41) is 9.44. The number of aliphatic carboxylic acids is 1. The molecule has 3 N–H and O–H groups in total. The molecule has 0 aromatic heterocycles. The van der Waals surface area contributed by atoms with E-state index >= 15 is 4.39 Å². The Morgan fingerprint density at radius 3 is 2.38 bits per heavy atom. The van der Waals surface area contributed by atoms with Crippen LogP contribution < -0.4 is 5.73 Å². The van der Waals surface area contributed by atoms with E-state index in [2.05, 4.69) is 20.8 Å². The number of hydrogen-bond acceptors (Lipinski definition) is 8. The molecule has 0 spiro atoms. The summed E-state index contributed by atoms with van der Waals surface area (Å²) < 4.78 is 50.3. The summed E-state index contributed by atoms with van der Waals surface area (Å²) >= 11 is 0. The molecule has 0 aliphatic heterocycles. The lowest BCUT2D eigenvalue weighted by Crippen LogP contribution is -2.61. The topological polar surface area (TPSA) is 134 Å². The van der Waals surface area contributed by atoms with Gasteiger partial charge in [-0.25, -0.2) is 23.2 Å². The van der Waals surface area contributed by atoms with E-state index in [9.17, 15) is 23.9 Å². The molecule has 0 saturated heterocycles. The monoisotopic (exact) mass is 553 g/mol. The van der Waals surface area contributed by atoms with E-state index in [0.717, 1.165) is 12.8 Å². The van der Waals surface area contributed by atoms with Crippen LogP contribution in [0.4, 0.5) is 13.6 Å². The average Bonchev–Trinajstić information content (AvgIpc) is 3.33. The van der Waals surface area contributed by atoms with Gasteiger partial charge in [-0.2, -0.15) is 0 Å². The highest BCUT2D eigenvalue weighted by atomic mass is 19.1. The molecule has 0 bridgehead atoms. The van der Waals surface area contributed by atoms with Gasteiger partial charge in [0.05, 0.1) is 12.7 Å². The third kappa shape index (κ3) is 5.61. The summed E-state index contributed by atoms with van der Waals surface area (Å²) in [6.45, 7) is 7.44. The quantitative estimate of drug-likeness (QED) is 0.338. The van der Waals surface area contributed by atoms with Crippen LogP contribution in [-0.4, -0.2) is 52.9 Å². The van der Waals surface area contributed by atoms with Crippen LogP contribution in [0.2, 0.25) is 0 Å². The number of alkyl halides is 1. The van der Waals surface area contributed by atoms with Crippen LogP contribution in [0.15, 0.2) is 24.3 Å². The maximum atomic E-state index is 15.2. The van der Waals surface area contributed by atoms with Gasteiger partial charge in [-0.3, -0.25) is 0 Å². The standard InChI is InChI=1S/C28H37F2NO8/c1-14(2)19-10-5-15(3)11-21(19)39-26(35)38-16(4)37-25(34)28(31)22(12-20-23(28)27(20,30)24(32)33)36-13-17-6-8-18(29)9-7-17/h6-9,14-16,19-23H,5,10-13,31H2,1-4H3,(H,32,33)/t15-,16-,19+,20-,21-,22-,23+,27-,28+/m1/s1. The second-order valence-electron chi connectivity index (χ2n) is 11.6. The first-order chi connectivity index (χ1) is 18.3. The van der Waals surface area contributed by atoms with Crippen molar-refractivity contribution in [1.82, 2.24) is 0 Å². The van der Waals surface area contributed by atoms with Gasteiger partial charge < -0.3 is 29.8 Å². The van der Waals surface area contributed by atoms with E-state index in [0.29, 0.717) is 23.8 Å². The van der Waals surface area contributed by atoms with Crippen molar-refractivity contribution < 1.29 is 47.2 Å². The lowest BCUT2D eigenvalue weighted by molar-refractivity contribution is -0.184. The number of fused-ring (bicyclic) bond motifs is 1. The summed E-state index contributed by atoms with van der Waals surface area (Å²) in [4.78, 5) is 37.4. The molecule has 3 aliphatic carbocycles. The smallest absolute Gasteiger partial charge is 0.479 e. The first-order valence-corrected chi connectivity index (χ1v) is 13.4. The van der Waals surface area contributed by atoms with Gasteiger partial charge in [0, 0.05) is 18.8 Å². The summed E-state index contributed by atoms with van der Waals surface area (Å²) in [5.41, 5.74) is 2.12. The van der Waals surface area contributed by atoms with E-state index in [-0.39, 0.29) is 25.0 Å². The lowest BCUT2D eigenvalue weighted by Gasteiger charge is -2.36. The highest BCUT2D eigenvalue weighted by molar-refractivity contribution is 5.91. The third-order valence-corrected chi connectivity index (χ3v) is 8.59. The Kier molecular flexibility index (Phi) is 8.23. The number of esters is 1. The largest absolute Gasteiger partial charge is 0.511 e. The molecule has 0 heterocycles. The molecule has 3 aliphatic rings. The number of hydrogen-bond donors (Lipinski definition) is 2. The van der Waals surface area contributed by atoms with Crippen molar-refractivity contribution in [1.29, 1.82) is 0 Å². The lowest BCUT2D eigenvalue weighted by atomic mass is 9.75. The molecule has 1 aromatic carbocycles. The van der Waals surface area contributed by atoms with Crippen LogP contribution in [0.1, 0.15) is 58.9 Å². The van der Waals surface area contributed by atoms with Gasteiger partial charge in [0.2, 0.25) is 12.0 Å². The highest BCUT2D eigenvalue weighted by Crippen LogP contribution is 2.67. The molecular formula is C28H37F2NO8. The predicted octanol–water partition coefficient (Wildman–Crippen LogP) is 4.35. The second kappa shape index (κ2) is 11.0. The molecule has 11 heteroatoms. The average molecular weight is 554 g/mol. The molecule has 3 fully saturated rings. The molecule has 9 nitrogen and oxygen atoms in total. The maximum absolute atomic E-state index is 15.2. The van der Waals surface area contributed by atoms with E-state index in [4.69, 9.17) is 24.7 Å². The Morgan fingerprint density at radius 2 is 1.77 bits per heavy atom. The number of benzene rings is 1. The van der Waals surface area contributed by atoms with Gasteiger partial charge in [0.1, 0.15) is 17.5 Å². The Balaban J connectivity index is 1.41. The molecule has 4 rings (SSSR count). The summed E-state index contributed by atoms with van der Waals surface area (Å²) in [6.07, 6.45) is -1.32. The summed E-state index contributed by atoms with van der Waals surface area (Å²) in [5.74, 6) is -4.86. The minimum absolute atomic E-state index is 0.0712. The van der Waals surface area contributed by atoms with Crippen LogP contribution in [0, 0.1) is 35.4 Å². The minimum Gasteiger partial charge on any atom is -0.479 e. The zero-order chi connectivity index (χ0) is 28.7. The van der Waals surface area contributed by atoms with Gasteiger partial charge in [0.15, 0.2) is 0 Å². The van der Waals surface area contributed by atoms with Crippen LogP contribution >= 0.6 is 0 Å². The van der Waals surface area contributed by atoms with Crippen LogP contribution in [-0.2, 0) is 35.1 Å². The second-order valence-corrected chi connectivity index (χ2v) is 11.6. The fourth-order valence-electron chi connectivity index (χ4n) is 6.39. The fraction of sp³-hybridized carbons (Fsp3) is 0.679. The number of carboxylic acid groups (broad SMARTS) is 1. The van der Waals surface area contributed by atoms with E-state index < -0.39 is 59.3 Å². The number of nitrogens with two attached hydrogens (primary N) is 1. The van der Waals surface area contributed by atoms with E-state index in [1.165, 1.54) is 31.2 Å². The normalized spacial score (nSPS) is 36.1. The maximum Gasteiger partial charge on any atom is 0.511 e. The molecule has 216 valence electrons. The van der Waals surface area contributed by atoms with Crippen LogP contribution in [0.3, 0.4) is 0 Å². The molecule has 3 saturated carbocycles. The molecule has 0 radical (unpaired) electrons. The van der Waals surface area contributed by atoms with Crippen LogP contribution in [0.5, 0.6) is 0 Å². The van der Waals surface area contributed by atoms with Crippen molar-refractivity contribution in [3.63, 3.8) is 0 Å². The van der Waals surface area contributed by atoms with Crippen molar-refractivity contribution >= 4 is 18.1 Å². The minimum atomic E-state index is -2.70. The Labute approximate surface area is 226 Å². The Hall–Kier alpha value is -2.79. The predicted molar refractivity (Wildman–Crippen MR) is 133 cm³/mol. The van der Waals surface area contributed by atoms with Crippen molar-refractivity contribution in [2.24, 2.45) is 35.3 Å². The van der Waals surface area contributed by atoms with Crippen molar-refractivity contribution in [3.05, 3.63) is 35.6 Å². The van der Waals surface area contributed by atoms with Crippen molar-refractivity contribution in [3.8, 4) is 0 Å². The third-order valence-electron chi connectivity index (χ3n) is 8.59. The molecule has 0 amide bonds. The molecule has 0 unspecified atom stereocenters. The number of rotatable bonds is 9. The number of carboxylic acids is 1. The van der Waals surface area contributed by atoms with Gasteiger partial charge >= 0.3 is 18.1 Å². The molecule has 1 aromatic rings. The van der Waals surface area contributed by atoms with Gasteiger partial charge in [0.25, 0.3) is 0 Å². The Morgan fingerprint density at radius 1 is 1.10 bits per heavy atom. The number of halogens is 2. The molecule has 9 atom stereocenters. The van der Waals surface area contributed by atoms with Crippen LogP contribution in [0.25, 0.3) is 0 Å². The molecule has 39 heavy (non-hydrogen) atoms. The van der Waals surface area contributed by atoms with Gasteiger partial charge in [-0.05, 0) is 54.7 Å². The van der Waals surface area contributed by atoms with Gasteiger partial charge in [-0.15, -0.1) is 0 Å². The first-order valence-electron chi connectivity index (χ1n) is 13.4. The molecular weight excluding hydrogens is 516 g/mol.